The molecule has 3 aliphatic rings. The van der Waals surface area contributed by atoms with Crippen molar-refractivity contribution in [3.8, 4) is 11.5 Å². The number of thioether (sulfide) groups is 1. The molecule has 0 saturated heterocycles. The summed E-state index contributed by atoms with van der Waals surface area (Å²) in [4.78, 5) is 32.4. The lowest BCUT2D eigenvalue weighted by Crippen LogP contribution is -2.42. The molecule has 2 amide bonds. The Morgan fingerprint density at radius 1 is 1.14 bits per heavy atom. The largest absolute Gasteiger partial charge is 0.454 e. The smallest absolute Gasteiger partial charge is 0.283 e. The molecule has 5 rings (SSSR count). The number of benzene rings is 2. The number of rotatable bonds is 5. The van der Waals surface area contributed by atoms with Crippen LogP contribution < -0.4 is 19.7 Å². The van der Waals surface area contributed by atoms with Crippen molar-refractivity contribution in [1.29, 1.82) is 0 Å². The summed E-state index contributed by atoms with van der Waals surface area (Å²) in [6, 6.07) is 13.5. The molecule has 1 saturated carbocycles. The number of aryl methyl sites for hydroxylation is 1. The van der Waals surface area contributed by atoms with E-state index in [9.17, 15) is 9.59 Å². The number of carbonyl (C=O) groups excluding carboxylic acids is 2. The summed E-state index contributed by atoms with van der Waals surface area (Å²) < 4.78 is 10.8. The van der Waals surface area contributed by atoms with Crippen molar-refractivity contribution in [3.05, 3.63) is 59.3 Å². The zero-order chi connectivity index (χ0) is 24.4. The highest BCUT2D eigenvalue weighted by Crippen LogP contribution is 2.35. The molecule has 7 nitrogen and oxygen atoms in total. The Kier molecular flexibility index (Phi) is 6.81. The Balaban J connectivity index is 1.36. The van der Waals surface area contributed by atoms with Gasteiger partial charge in [0.1, 0.15) is 5.70 Å². The van der Waals surface area contributed by atoms with Gasteiger partial charge in [-0.25, -0.2) is 4.99 Å². The predicted molar refractivity (Wildman–Crippen MR) is 139 cm³/mol. The van der Waals surface area contributed by atoms with Crippen LogP contribution in [0.25, 0.3) is 6.08 Å². The van der Waals surface area contributed by atoms with E-state index < -0.39 is 0 Å². The molecule has 2 aromatic rings. The highest BCUT2D eigenvalue weighted by Gasteiger charge is 2.33. The SMILES string of the molecule is Cc1ccc(N2C(=O)C(=Cc3ccc4c(c3)OCO4)N=C2SCC(=O)NC2CCCCC2C)cc1. The average Bonchev–Trinajstić information content (AvgIpc) is 3.44. The van der Waals surface area contributed by atoms with Crippen LogP contribution in [-0.4, -0.2) is 35.6 Å². The maximum atomic E-state index is 13.4. The van der Waals surface area contributed by atoms with Crippen molar-refractivity contribution < 1.29 is 19.1 Å². The molecule has 0 bridgehead atoms. The molecular weight excluding hydrogens is 462 g/mol. The molecule has 1 aliphatic carbocycles. The van der Waals surface area contributed by atoms with Crippen LogP contribution in [-0.2, 0) is 9.59 Å². The Bertz CT molecular complexity index is 1190. The predicted octanol–water partition coefficient (Wildman–Crippen LogP) is 4.90. The van der Waals surface area contributed by atoms with Crippen LogP contribution in [0.5, 0.6) is 11.5 Å². The molecule has 1 fully saturated rings. The number of amides is 2. The number of hydrogen-bond donors (Lipinski definition) is 1. The van der Waals surface area contributed by atoms with Gasteiger partial charge in [0, 0.05) is 6.04 Å². The Labute approximate surface area is 209 Å². The standard InChI is InChI=1S/C27H29N3O4S/c1-17-7-10-20(11-8-17)30-26(32)22(13-19-9-12-23-24(14-19)34-16-33-23)29-27(30)35-15-25(31)28-21-6-4-3-5-18(21)2/h7-14,18,21H,3-6,15-16H2,1-2H3,(H,28,31). The van der Waals surface area contributed by atoms with Gasteiger partial charge < -0.3 is 14.8 Å². The van der Waals surface area contributed by atoms with Crippen LogP contribution in [0, 0.1) is 12.8 Å². The van der Waals surface area contributed by atoms with Gasteiger partial charge in [-0.1, -0.05) is 55.3 Å². The second-order valence-corrected chi connectivity index (χ2v) is 10.2. The lowest BCUT2D eigenvalue weighted by molar-refractivity contribution is -0.119. The van der Waals surface area contributed by atoms with Gasteiger partial charge in [-0.2, -0.15) is 0 Å². The second kappa shape index (κ2) is 10.2. The molecule has 0 radical (unpaired) electrons. The van der Waals surface area contributed by atoms with Gasteiger partial charge in [0.05, 0.1) is 11.4 Å². The van der Waals surface area contributed by atoms with Gasteiger partial charge in [-0.3, -0.25) is 14.5 Å². The summed E-state index contributed by atoms with van der Waals surface area (Å²) in [6.07, 6.45) is 6.29. The number of nitrogens with one attached hydrogen (secondary N) is 1. The summed E-state index contributed by atoms with van der Waals surface area (Å²) in [5.74, 6) is 1.77. The molecule has 1 N–H and O–H groups in total. The molecule has 0 spiro atoms. The third-order valence-corrected chi connectivity index (χ3v) is 7.55. The van der Waals surface area contributed by atoms with Gasteiger partial charge in [0.15, 0.2) is 16.7 Å². The summed E-state index contributed by atoms with van der Waals surface area (Å²) in [5.41, 5.74) is 2.93. The number of ether oxygens (including phenoxy) is 2. The highest BCUT2D eigenvalue weighted by atomic mass is 32.2. The lowest BCUT2D eigenvalue weighted by atomic mass is 9.86. The van der Waals surface area contributed by atoms with Crippen LogP contribution in [0.3, 0.4) is 0 Å². The first-order valence-corrected chi connectivity index (χ1v) is 13.0. The molecule has 2 atom stereocenters. The third kappa shape index (κ3) is 5.22. The van der Waals surface area contributed by atoms with E-state index in [1.165, 1.54) is 18.2 Å². The first-order chi connectivity index (χ1) is 17.0. The van der Waals surface area contributed by atoms with Gasteiger partial charge >= 0.3 is 0 Å². The molecule has 182 valence electrons. The van der Waals surface area contributed by atoms with Crippen LogP contribution in [0.4, 0.5) is 5.69 Å². The molecule has 2 heterocycles. The lowest BCUT2D eigenvalue weighted by Gasteiger charge is -2.29. The van der Waals surface area contributed by atoms with E-state index in [2.05, 4.69) is 17.2 Å². The zero-order valence-corrected chi connectivity index (χ0v) is 20.8. The Hall–Kier alpha value is -3.26. The molecule has 0 aromatic heterocycles. The molecule has 8 heteroatoms. The molecule has 2 unspecified atom stereocenters. The maximum Gasteiger partial charge on any atom is 0.283 e. The summed E-state index contributed by atoms with van der Waals surface area (Å²) in [5, 5.41) is 3.68. The van der Waals surface area contributed by atoms with Crippen LogP contribution in [0.15, 0.2) is 53.2 Å². The normalized spacial score (nSPS) is 22.5. The number of fused-ring (bicyclic) bond motifs is 1. The topological polar surface area (TPSA) is 80.2 Å². The van der Waals surface area contributed by atoms with Crippen molar-refractivity contribution in [2.75, 3.05) is 17.4 Å². The van der Waals surface area contributed by atoms with E-state index in [1.807, 2.05) is 49.4 Å². The van der Waals surface area contributed by atoms with E-state index in [0.717, 1.165) is 36.1 Å². The van der Waals surface area contributed by atoms with E-state index in [1.54, 1.807) is 11.0 Å². The van der Waals surface area contributed by atoms with Gasteiger partial charge in [-0.05, 0) is 61.6 Å². The number of amidine groups is 1. The van der Waals surface area contributed by atoms with Crippen LogP contribution in [0.1, 0.15) is 43.7 Å². The fourth-order valence-electron chi connectivity index (χ4n) is 4.58. The molecule has 2 aliphatic heterocycles. The minimum atomic E-state index is -0.227. The Morgan fingerprint density at radius 2 is 1.91 bits per heavy atom. The quantitative estimate of drug-likeness (QED) is 0.602. The number of carbonyl (C=O) groups is 2. The number of hydrogen-bond acceptors (Lipinski definition) is 6. The monoisotopic (exact) mass is 491 g/mol. The minimum Gasteiger partial charge on any atom is -0.454 e. The van der Waals surface area contributed by atoms with Crippen LogP contribution >= 0.6 is 11.8 Å². The zero-order valence-electron chi connectivity index (χ0n) is 20.0. The minimum absolute atomic E-state index is 0.0269. The molecule has 35 heavy (non-hydrogen) atoms. The van der Waals surface area contributed by atoms with E-state index in [4.69, 9.17) is 9.47 Å². The fourth-order valence-corrected chi connectivity index (χ4v) is 5.41. The van der Waals surface area contributed by atoms with E-state index in [-0.39, 0.29) is 30.4 Å². The van der Waals surface area contributed by atoms with E-state index >= 15 is 0 Å². The fraction of sp³-hybridized carbons (Fsp3) is 0.370. The third-order valence-electron chi connectivity index (χ3n) is 6.61. The summed E-state index contributed by atoms with van der Waals surface area (Å²) >= 11 is 1.28. The first-order valence-electron chi connectivity index (χ1n) is 12.0. The number of nitrogens with zero attached hydrogens (tertiary/aromatic N) is 2. The second-order valence-electron chi connectivity index (χ2n) is 9.24. The maximum absolute atomic E-state index is 13.4. The molecule has 2 aromatic carbocycles. The average molecular weight is 492 g/mol. The van der Waals surface area contributed by atoms with Gasteiger partial charge in [0.2, 0.25) is 12.7 Å². The van der Waals surface area contributed by atoms with Crippen molar-refractivity contribution in [2.24, 2.45) is 10.9 Å². The first kappa shape index (κ1) is 23.5. The van der Waals surface area contributed by atoms with Gasteiger partial charge in [0.25, 0.3) is 5.91 Å². The van der Waals surface area contributed by atoms with Crippen molar-refractivity contribution >= 4 is 40.5 Å². The van der Waals surface area contributed by atoms with E-state index in [0.29, 0.717) is 28.3 Å². The number of anilines is 1. The number of aliphatic imine (C=N–C) groups is 1. The van der Waals surface area contributed by atoms with Crippen molar-refractivity contribution in [1.82, 2.24) is 5.32 Å². The van der Waals surface area contributed by atoms with Crippen molar-refractivity contribution in [2.45, 2.75) is 45.6 Å². The highest BCUT2D eigenvalue weighted by molar-refractivity contribution is 8.14. The van der Waals surface area contributed by atoms with Crippen molar-refractivity contribution in [3.63, 3.8) is 0 Å². The molecular formula is C27H29N3O4S. The van der Waals surface area contributed by atoms with Gasteiger partial charge in [-0.15, -0.1) is 0 Å². The van der Waals surface area contributed by atoms with Crippen LogP contribution in [0.2, 0.25) is 0 Å². The Morgan fingerprint density at radius 3 is 2.71 bits per heavy atom. The summed E-state index contributed by atoms with van der Waals surface area (Å²) in [6.45, 7) is 4.39. The summed E-state index contributed by atoms with van der Waals surface area (Å²) in [7, 11) is 0.